The highest BCUT2D eigenvalue weighted by atomic mass is 32.2. The van der Waals surface area contributed by atoms with E-state index < -0.39 is 10.8 Å². The Morgan fingerprint density at radius 1 is 1.22 bits per heavy atom. The van der Waals surface area contributed by atoms with Gasteiger partial charge in [0.1, 0.15) is 5.75 Å². The molecule has 0 amide bonds. The maximum atomic E-state index is 12.0. The van der Waals surface area contributed by atoms with E-state index in [2.05, 4.69) is 10.1 Å². The third kappa shape index (κ3) is 2.43. The van der Waals surface area contributed by atoms with Crippen LogP contribution in [0.3, 0.4) is 0 Å². The minimum Gasteiger partial charge on any atom is -0.338 e. The molecule has 0 saturated heterocycles. The van der Waals surface area contributed by atoms with Crippen LogP contribution >= 0.6 is 22.7 Å². The van der Waals surface area contributed by atoms with Gasteiger partial charge in [-0.1, -0.05) is 17.3 Å². The lowest BCUT2D eigenvalue weighted by Gasteiger charge is -1.92. The second kappa shape index (κ2) is 5.13. The normalized spacial score (nSPS) is 12.7. The van der Waals surface area contributed by atoms with Crippen molar-refractivity contribution >= 4 is 33.5 Å². The zero-order valence-electron chi connectivity index (χ0n) is 9.11. The van der Waals surface area contributed by atoms with E-state index in [4.69, 9.17) is 4.52 Å². The standard InChI is InChI=1S/C11H8N2O2S3/c14-18(10-4-2-6-17-10)7-9-12-11(13-15-9)8-3-1-5-16-8/h1-6H,7H2/t18-/m1/s1. The van der Waals surface area contributed by atoms with E-state index in [1.54, 1.807) is 11.3 Å². The summed E-state index contributed by atoms with van der Waals surface area (Å²) in [6.07, 6.45) is 0. The first kappa shape index (κ1) is 11.8. The summed E-state index contributed by atoms with van der Waals surface area (Å²) in [6, 6.07) is 7.58. The van der Waals surface area contributed by atoms with E-state index in [0.717, 1.165) is 9.09 Å². The van der Waals surface area contributed by atoms with Gasteiger partial charge in [-0.05, 0) is 22.9 Å². The van der Waals surface area contributed by atoms with E-state index >= 15 is 0 Å². The van der Waals surface area contributed by atoms with Crippen LogP contribution < -0.4 is 0 Å². The Bertz CT molecular complexity index is 644. The van der Waals surface area contributed by atoms with Crippen LogP contribution in [0.15, 0.2) is 43.8 Å². The molecule has 0 N–H and O–H groups in total. The van der Waals surface area contributed by atoms with Crippen molar-refractivity contribution in [3.63, 3.8) is 0 Å². The Labute approximate surface area is 114 Å². The fraction of sp³-hybridized carbons (Fsp3) is 0.0909. The predicted octanol–water partition coefficient (Wildman–Crippen LogP) is 3.17. The number of hydrogen-bond donors (Lipinski definition) is 0. The number of nitrogens with zero attached hydrogens (tertiary/aromatic N) is 2. The molecule has 0 unspecified atom stereocenters. The first-order valence-electron chi connectivity index (χ1n) is 5.11. The molecule has 0 aliphatic rings. The van der Waals surface area contributed by atoms with Gasteiger partial charge in [-0.2, -0.15) is 4.98 Å². The molecule has 4 nitrogen and oxygen atoms in total. The van der Waals surface area contributed by atoms with Crippen LogP contribution in [0.2, 0.25) is 0 Å². The summed E-state index contributed by atoms with van der Waals surface area (Å²) >= 11 is 3.01. The molecule has 3 heterocycles. The molecule has 0 spiro atoms. The second-order valence-corrected chi connectivity index (χ2v) is 6.98. The average Bonchev–Trinajstić information content (AvgIpc) is 3.12. The van der Waals surface area contributed by atoms with Crippen molar-refractivity contribution in [1.82, 2.24) is 10.1 Å². The maximum Gasteiger partial charge on any atom is 0.240 e. The summed E-state index contributed by atoms with van der Waals surface area (Å²) in [7, 11) is -1.11. The Morgan fingerprint density at radius 3 is 2.78 bits per heavy atom. The zero-order chi connectivity index (χ0) is 12.4. The largest absolute Gasteiger partial charge is 0.338 e. The molecule has 18 heavy (non-hydrogen) atoms. The SMILES string of the molecule is O=[S@](Cc1nc(-c2cccs2)no1)c1cccs1. The molecule has 0 aromatic carbocycles. The summed E-state index contributed by atoms with van der Waals surface area (Å²) in [5, 5.41) is 7.74. The summed E-state index contributed by atoms with van der Waals surface area (Å²) < 4.78 is 17.9. The summed E-state index contributed by atoms with van der Waals surface area (Å²) in [6.45, 7) is 0. The van der Waals surface area contributed by atoms with E-state index in [9.17, 15) is 4.21 Å². The Morgan fingerprint density at radius 2 is 2.06 bits per heavy atom. The highest BCUT2D eigenvalue weighted by Gasteiger charge is 2.13. The minimum atomic E-state index is -1.11. The van der Waals surface area contributed by atoms with E-state index in [1.807, 2.05) is 35.0 Å². The third-order valence-corrected chi connectivity index (χ3v) is 5.65. The van der Waals surface area contributed by atoms with E-state index in [0.29, 0.717) is 11.7 Å². The lowest BCUT2D eigenvalue weighted by atomic mass is 10.4. The summed E-state index contributed by atoms with van der Waals surface area (Å²) in [5.74, 6) is 1.23. The van der Waals surface area contributed by atoms with Crippen molar-refractivity contribution < 1.29 is 8.73 Å². The topological polar surface area (TPSA) is 56.0 Å². The molecule has 0 fully saturated rings. The van der Waals surface area contributed by atoms with Gasteiger partial charge in [0.15, 0.2) is 0 Å². The van der Waals surface area contributed by atoms with Crippen LogP contribution in [0.1, 0.15) is 5.89 Å². The lowest BCUT2D eigenvalue weighted by Crippen LogP contribution is -1.94. The number of rotatable bonds is 4. The highest BCUT2D eigenvalue weighted by molar-refractivity contribution is 7.86. The van der Waals surface area contributed by atoms with Crippen molar-refractivity contribution in [3.8, 4) is 10.7 Å². The summed E-state index contributed by atoms with van der Waals surface area (Å²) in [5.41, 5.74) is 0. The van der Waals surface area contributed by atoms with Crippen molar-refractivity contribution in [3.05, 3.63) is 40.9 Å². The first-order chi connectivity index (χ1) is 8.83. The van der Waals surface area contributed by atoms with Gasteiger partial charge in [0.25, 0.3) is 0 Å². The van der Waals surface area contributed by atoms with Crippen molar-refractivity contribution in [2.24, 2.45) is 0 Å². The fourth-order valence-electron chi connectivity index (χ4n) is 1.40. The molecule has 3 aromatic heterocycles. The van der Waals surface area contributed by atoms with Gasteiger partial charge in [0, 0.05) is 0 Å². The zero-order valence-corrected chi connectivity index (χ0v) is 11.6. The predicted molar refractivity (Wildman–Crippen MR) is 72.0 cm³/mol. The molecule has 0 aliphatic heterocycles. The molecule has 7 heteroatoms. The fourth-order valence-corrected chi connectivity index (χ4v) is 3.98. The quantitative estimate of drug-likeness (QED) is 0.742. The molecule has 0 aliphatic carbocycles. The average molecular weight is 296 g/mol. The van der Waals surface area contributed by atoms with Crippen molar-refractivity contribution in [2.75, 3.05) is 0 Å². The molecule has 1 atom stereocenters. The van der Waals surface area contributed by atoms with Crippen LogP contribution in [0.4, 0.5) is 0 Å². The molecule has 3 aromatic rings. The molecule has 0 bridgehead atoms. The van der Waals surface area contributed by atoms with Crippen molar-refractivity contribution in [1.29, 1.82) is 0 Å². The Hall–Kier alpha value is -1.31. The molecular formula is C11H8N2O2S3. The molecule has 92 valence electrons. The van der Waals surface area contributed by atoms with Crippen LogP contribution in [0.5, 0.6) is 0 Å². The smallest absolute Gasteiger partial charge is 0.240 e. The molecule has 3 rings (SSSR count). The lowest BCUT2D eigenvalue weighted by molar-refractivity contribution is 0.391. The van der Waals surface area contributed by atoms with Gasteiger partial charge < -0.3 is 4.52 Å². The van der Waals surface area contributed by atoms with Gasteiger partial charge in [0.05, 0.1) is 19.9 Å². The van der Waals surface area contributed by atoms with Crippen molar-refractivity contribution in [2.45, 2.75) is 9.96 Å². The van der Waals surface area contributed by atoms with Gasteiger partial charge >= 0.3 is 0 Å². The van der Waals surface area contributed by atoms with Crippen LogP contribution in [-0.2, 0) is 16.6 Å². The second-order valence-electron chi connectivity index (χ2n) is 3.41. The maximum absolute atomic E-state index is 12.0. The number of hydrogen-bond acceptors (Lipinski definition) is 6. The van der Waals surface area contributed by atoms with E-state index in [1.165, 1.54) is 11.3 Å². The number of aromatic nitrogens is 2. The third-order valence-electron chi connectivity index (χ3n) is 2.18. The van der Waals surface area contributed by atoms with E-state index in [-0.39, 0.29) is 5.75 Å². The van der Waals surface area contributed by atoms with Crippen LogP contribution in [-0.4, -0.2) is 14.3 Å². The Balaban J connectivity index is 1.76. The Kier molecular flexibility index (Phi) is 3.35. The van der Waals surface area contributed by atoms with Gasteiger partial charge in [0.2, 0.25) is 11.7 Å². The van der Waals surface area contributed by atoms with Crippen LogP contribution in [0, 0.1) is 0 Å². The van der Waals surface area contributed by atoms with Gasteiger partial charge in [-0.25, -0.2) is 0 Å². The first-order valence-corrected chi connectivity index (χ1v) is 8.19. The number of thiophene rings is 2. The monoisotopic (exact) mass is 296 g/mol. The molecule has 0 saturated carbocycles. The highest BCUT2D eigenvalue weighted by Crippen LogP contribution is 2.22. The minimum absolute atomic E-state index is 0.263. The van der Waals surface area contributed by atoms with Gasteiger partial charge in [-0.15, -0.1) is 22.7 Å². The van der Waals surface area contributed by atoms with Gasteiger partial charge in [-0.3, -0.25) is 4.21 Å². The molecule has 0 radical (unpaired) electrons. The van der Waals surface area contributed by atoms with Crippen LogP contribution in [0.25, 0.3) is 10.7 Å². The summed E-state index contributed by atoms with van der Waals surface area (Å²) in [4.78, 5) is 5.20. The molecular weight excluding hydrogens is 288 g/mol.